The molecule has 6 unspecified atom stereocenters. The zero-order valence-electron chi connectivity index (χ0n) is 24.2. The molecule has 5 heterocycles. The van der Waals surface area contributed by atoms with Crippen molar-refractivity contribution < 1.29 is 17.1 Å². The van der Waals surface area contributed by atoms with Gasteiger partial charge in [0, 0.05) is 46.4 Å². The third kappa shape index (κ3) is 4.36. The molecule has 0 saturated heterocycles. The number of hydrogen-bond acceptors (Lipinski definition) is 2. The molecule has 3 aliphatic heterocycles. The first-order valence-corrected chi connectivity index (χ1v) is 16.7. The van der Waals surface area contributed by atoms with Gasteiger partial charge in [-0.05, 0) is 76.0 Å². The molecule has 2 aromatic heterocycles. The van der Waals surface area contributed by atoms with Gasteiger partial charge >= 0.3 is 17.1 Å². The summed E-state index contributed by atoms with van der Waals surface area (Å²) in [4.78, 5) is 21.7. The Morgan fingerprint density at radius 2 is 0.805 bits per heavy atom. The van der Waals surface area contributed by atoms with E-state index in [9.17, 15) is 0 Å². The summed E-state index contributed by atoms with van der Waals surface area (Å²) in [6.45, 7) is 0. The third-order valence-corrected chi connectivity index (χ3v) is 11.8. The minimum atomic E-state index is 0. The van der Waals surface area contributed by atoms with Gasteiger partial charge in [0.05, 0.1) is 0 Å². The van der Waals surface area contributed by atoms with Gasteiger partial charge in [-0.1, -0.05) is 73.9 Å². The monoisotopic (exact) mass is 593 g/mol. The van der Waals surface area contributed by atoms with Crippen LogP contribution in [-0.4, -0.2) is 9.97 Å². The van der Waals surface area contributed by atoms with E-state index in [1.54, 1.807) is 0 Å². The van der Waals surface area contributed by atoms with Crippen LogP contribution in [0.2, 0.25) is 0 Å². The number of rotatable bonds is 0. The molecular formula is C36H42CuN4. The Balaban J connectivity index is 0.00000256. The van der Waals surface area contributed by atoms with E-state index in [2.05, 4.69) is 24.3 Å². The first kappa shape index (κ1) is 26.5. The van der Waals surface area contributed by atoms with Crippen LogP contribution in [0.15, 0.2) is 24.3 Å². The van der Waals surface area contributed by atoms with E-state index < -0.39 is 0 Å². The normalized spacial score (nSPS) is 31.1. The van der Waals surface area contributed by atoms with Crippen LogP contribution in [0.3, 0.4) is 0 Å². The van der Waals surface area contributed by atoms with Gasteiger partial charge in [0.1, 0.15) is 0 Å². The summed E-state index contributed by atoms with van der Waals surface area (Å²) in [6, 6.07) is 9.76. The quantitative estimate of drug-likeness (QED) is 0.287. The Labute approximate surface area is 255 Å². The number of fused-ring (bicyclic) bond motifs is 20. The van der Waals surface area contributed by atoms with Gasteiger partial charge in [-0.25, -0.2) is 0 Å². The standard InChI is InChI=1S/C36H42N4.Cu/c1-2-10-22-21(9-1)29-17-31-23-11-3-4-12-24(23)33(38-31)19-35-27-15-7-8-16-28(27)36(40-35)20-34-26-14-6-5-13-25(26)32(39-34)18-30(22)37-29;/h17-26H,1-16H2;/q-2;+2. The number of hydrogen-bond donors (Lipinski definition) is 0. The van der Waals surface area contributed by atoms with Gasteiger partial charge in [-0.15, -0.1) is 11.0 Å². The fourth-order valence-electron chi connectivity index (χ4n) is 9.85. The number of nitrogens with zero attached hydrogens (tertiary/aromatic N) is 4. The summed E-state index contributed by atoms with van der Waals surface area (Å²) in [7, 11) is 0. The smallest absolute Gasteiger partial charge is 0.664 e. The van der Waals surface area contributed by atoms with Crippen LogP contribution >= 0.6 is 0 Å². The first-order chi connectivity index (χ1) is 19.8. The molecule has 3 fully saturated rings. The summed E-state index contributed by atoms with van der Waals surface area (Å²) in [5.74, 6) is 3.36. The molecule has 0 N–H and O–H groups in total. The summed E-state index contributed by atoms with van der Waals surface area (Å²) in [5, 5.41) is 0. The van der Waals surface area contributed by atoms with Crippen LogP contribution < -0.4 is 9.97 Å². The second kappa shape index (κ2) is 10.6. The van der Waals surface area contributed by atoms with Crippen LogP contribution in [0, 0.1) is 0 Å². The zero-order valence-corrected chi connectivity index (χ0v) is 25.1. The predicted molar refractivity (Wildman–Crippen MR) is 159 cm³/mol. The van der Waals surface area contributed by atoms with E-state index in [4.69, 9.17) is 19.9 Å². The van der Waals surface area contributed by atoms with Crippen molar-refractivity contribution in [2.45, 2.75) is 138 Å². The summed E-state index contributed by atoms with van der Waals surface area (Å²) >= 11 is 0. The molecule has 5 heteroatoms. The fourth-order valence-corrected chi connectivity index (χ4v) is 9.85. The SMILES string of the molecule is [Cu+2].c1c2nc(cc3[n-]c(cc4nc(cc5[n-]c1C1CCCCC51)C1CCCCC41)c1c3CCCC1)C1CCCCC21. The van der Waals surface area contributed by atoms with Crippen LogP contribution in [-0.2, 0) is 29.9 Å². The Bertz CT molecular complexity index is 1420. The van der Waals surface area contributed by atoms with Crippen molar-refractivity contribution in [1.29, 1.82) is 0 Å². The van der Waals surface area contributed by atoms with E-state index in [1.807, 2.05) is 0 Å². The molecule has 0 aromatic carbocycles. The summed E-state index contributed by atoms with van der Waals surface area (Å²) < 4.78 is 0. The van der Waals surface area contributed by atoms with Gasteiger partial charge in [-0.2, -0.15) is 11.4 Å². The average molecular weight is 594 g/mol. The molecule has 1 radical (unpaired) electrons. The molecule has 8 bridgehead atoms. The minimum Gasteiger partial charge on any atom is -0.664 e. The molecule has 6 atom stereocenters. The summed E-state index contributed by atoms with van der Waals surface area (Å²) in [5.41, 5.74) is 13.3. The van der Waals surface area contributed by atoms with Crippen LogP contribution in [0.1, 0.15) is 171 Å². The van der Waals surface area contributed by atoms with Crippen molar-refractivity contribution in [3.05, 3.63) is 69.6 Å². The maximum atomic E-state index is 5.46. The van der Waals surface area contributed by atoms with Crippen molar-refractivity contribution in [2.75, 3.05) is 0 Å². The number of aryl methyl sites for hydroxylation is 2. The van der Waals surface area contributed by atoms with Crippen molar-refractivity contribution in [3.8, 4) is 0 Å². The Morgan fingerprint density at radius 3 is 1.22 bits per heavy atom. The first-order valence-electron chi connectivity index (χ1n) is 16.7. The molecule has 217 valence electrons. The largest absolute Gasteiger partial charge is 2.00 e. The molecule has 9 rings (SSSR count). The second-order valence-electron chi connectivity index (χ2n) is 14.0. The van der Waals surface area contributed by atoms with E-state index in [1.165, 1.54) is 146 Å². The predicted octanol–water partition coefficient (Wildman–Crippen LogP) is 8.50. The molecule has 4 nitrogen and oxygen atoms in total. The molecule has 0 amide bonds. The molecule has 4 aliphatic carbocycles. The van der Waals surface area contributed by atoms with Crippen LogP contribution in [0.25, 0.3) is 11.0 Å². The molecular weight excluding hydrogens is 552 g/mol. The fraction of sp³-hybridized carbons (Fsp3) is 0.611. The van der Waals surface area contributed by atoms with E-state index in [0.717, 1.165) is 12.8 Å². The third-order valence-electron chi connectivity index (χ3n) is 11.8. The summed E-state index contributed by atoms with van der Waals surface area (Å²) in [6.07, 6.45) is 20.5. The van der Waals surface area contributed by atoms with Crippen LogP contribution in [0.4, 0.5) is 0 Å². The molecule has 41 heavy (non-hydrogen) atoms. The Hall–Kier alpha value is -2.10. The Morgan fingerprint density at radius 1 is 0.439 bits per heavy atom. The van der Waals surface area contributed by atoms with Crippen molar-refractivity contribution in [2.24, 2.45) is 0 Å². The van der Waals surface area contributed by atoms with Gasteiger partial charge in [-0.3, -0.25) is 9.97 Å². The van der Waals surface area contributed by atoms with E-state index >= 15 is 0 Å². The molecule has 3 saturated carbocycles. The second-order valence-corrected chi connectivity index (χ2v) is 14.0. The van der Waals surface area contributed by atoms with Gasteiger partial charge in [0.2, 0.25) is 0 Å². The number of aromatic nitrogens is 4. The van der Waals surface area contributed by atoms with Gasteiger partial charge in [0.15, 0.2) is 0 Å². The van der Waals surface area contributed by atoms with Crippen molar-refractivity contribution in [3.63, 3.8) is 0 Å². The minimum absolute atomic E-state index is 0. The Kier molecular flexibility index (Phi) is 6.83. The average Bonchev–Trinajstić information content (AvgIpc) is 3.73. The van der Waals surface area contributed by atoms with Gasteiger partial charge < -0.3 is 9.97 Å². The molecule has 2 aromatic rings. The van der Waals surface area contributed by atoms with E-state index in [0.29, 0.717) is 35.5 Å². The van der Waals surface area contributed by atoms with Crippen molar-refractivity contribution >= 4 is 11.0 Å². The zero-order chi connectivity index (χ0) is 26.2. The molecule has 0 spiro atoms. The van der Waals surface area contributed by atoms with Gasteiger partial charge in [0.25, 0.3) is 0 Å². The van der Waals surface area contributed by atoms with Crippen molar-refractivity contribution in [1.82, 2.24) is 19.9 Å². The topological polar surface area (TPSA) is 54.0 Å². The van der Waals surface area contributed by atoms with E-state index in [-0.39, 0.29) is 17.1 Å². The maximum absolute atomic E-state index is 5.46. The molecule has 7 aliphatic rings. The van der Waals surface area contributed by atoms with Crippen LogP contribution in [0.5, 0.6) is 0 Å². The maximum Gasteiger partial charge on any atom is 2.00 e.